The molecule has 0 unspecified atom stereocenters. The lowest BCUT2D eigenvalue weighted by atomic mass is 10.1. The van der Waals surface area contributed by atoms with Crippen LogP contribution in [-0.2, 0) is 11.0 Å². The second kappa shape index (κ2) is 9.21. The quantitative estimate of drug-likeness (QED) is 0.700. The van der Waals surface area contributed by atoms with Gasteiger partial charge in [-0.3, -0.25) is 14.4 Å². The number of amides is 3. The van der Waals surface area contributed by atoms with E-state index in [0.29, 0.717) is 24.5 Å². The number of rotatable bonds is 6. The molecule has 2 aromatic rings. The number of nitrogens with zero attached hydrogens (tertiary/aromatic N) is 1. The summed E-state index contributed by atoms with van der Waals surface area (Å²) < 4.78 is 38.4. The van der Waals surface area contributed by atoms with Gasteiger partial charge in [0.05, 0.1) is 5.56 Å². The van der Waals surface area contributed by atoms with Gasteiger partial charge in [0.25, 0.3) is 11.1 Å². The van der Waals surface area contributed by atoms with Crippen LogP contribution >= 0.6 is 11.8 Å². The first-order chi connectivity index (χ1) is 14.2. The summed E-state index contributed by atoms with van der Waals surface area (Å²) in [7, 11) is 0. The molecule has 0 radical (unpaired) electrons. The van der Waals surface area contributed by atoms with Gasteiger partial charge in [0.1, 0.15) is 0 Å². The van der Waals surface area contributed by atoms with Crippen LogP contribution in [0.3, 0.4) is 0 Å². The highest BCUT2D eigenvalue weighted by Gasteiger charge is 2.30. The van der Waals surface area contributed by atoms with Gasteiger partial charge in [-0.15, -0.1) is 0 Å². The standard InChI is InChI=1S/C20H18F3N3O3S/c21-20(22,23)14-4-2-6-16(12-14)25-18(28)13-3-1-5-15(11-13)24-17(27)7-8-26-9-10-30-19(26)29/h1-6,11-12H,7-10H2,(H,24,27)(H,25,28). The van der Waals surface area contributed by atoms with Crippen LogP contribution in [0.4, 0.5) is 29.3 Å². The molecule has 30 heavy (non-hydrogen) atoms. The molecule has 1 saturated heterocycles. The average molecular weight is 437 g/mol. The van der Waals surface area contributed by atoms with Gasteiger partial charge >= 0.3 is 6.18 Å². The Morgan fingerprint density at radius 3 is 2.40 bits per heavy atom. The molecule has 10 heteroatoms. The summed E-state index contributed by atoms with van der Waals surface area (Å²) in [4.78, 5) is 37.7. The van der Waals surface area contributed by atoms with Gasteiger partial charge in [0.15, 0.2) is 0 Å². The fourth-order valence-corrected chi connectivity index (χ4v) is 3.65. The normalized spacial score (nSPS) is 14.0. The van der Waals surface area contributed by atoms with Gasteiger partial charge in [0, 0.05) is 42.2 Å². The lowest BCUT2D eigenvalue weighted by molar-refractivity contribution is -0.137. The average Bonchev–Trinajstić information content (AvgIpc) is 3.11. The number of nitrogens with one attached hydrogen (secondary N) is 2. The van der Waals surface area contributed by atoms with Crippen LogP contribution in [0.2, 0.25) is 0 Å². The van der Waals surface area contributed by atoms with E-state index in [-0.39, 0.29) is 28.8 Å². The van der Waals surface area contributed by atoms with Gasteiger partial charge in [0.2, 0.25) is 5.91 Å². The summed E-state index contributed by atoms with van der Waals surface area (Å²) in [6.07, 6.45) is -4.39. The highest BCUT2D eigenvalue weighted by Crippen LogP contribution is 2.30. The summed E-state index contributed by atoms with van der Waals surface area (Å²) in [6.45, 7) is 0.926. The van der Waals surface area contributed by atoms with Crippen LogP contribution in [0.15, 0.2) is 48.5 Å². The molecule has 0 saturated carbocycles. The second-order valence-corrected chi connectivity index (χ2v) is 7.56. The molecule has 0 spiro atoms. The monoisotopic (exact) mass is 437 g/mol. The summed E-state index contributed by atoms with van der Waals surface area (Å²) in [5.74, 6) is -0.205. The van der Waals surface area contributed by atoms with E-state index in [1.807, 2.05) is 0 Å². The van der Waals surface area contributed by atoms with Crippen molar-refractivity contribution in [1.29, 1.82) is 0 Å². The number of alkyl halides is 3. The number of carbonyl (C=O) groups is 3. The predicted octanol–water partition coefficient (Wildman–Crippen LogP) is 4.46. The van der Waals surface area contributed by atoms with Crippen molar-refractivity contribution in [3.8, 4) is 0 Å². The molecule has 1 aliphatic rings. The Bertz CT molecular complexity index is 966. The van der Waals surface area contributed by atoms with Crippen molar-refractivity contribution < 1.29 is 27.6 Å². The van der Waals surface area contributed by atoms with Crippen LogP contribution in [0.5, 0.6) is 0 Å². The molecule has 2 N–H and O–H groups in total. The molecule has 3 amide bonds. The molecular weight excluding hydrogens is 419 g/mol. The fourth-order valence-electron chi connectivity index (χ4n) is 2.80. The zero-order valence-electron chi connectivity index (χ0n) is 15.7. The summed E-state index contributed by atoms with van der Waals surface area (Å²) in [6, 6.07) is 10.4. The lowest BCUT2D eigenvalue weighted by Gasteiger charge is -2.14. The van der Waals surface area contributed by atoms with Gasteiger partial charge in [-0.25, -0.2) is 0 Å². The van der Waals surface area contributed by atoms with Crippen molar-refractivity contribution in [3.63, 3.8) is 0 Å². The zero-order valence-corrected chi connectivity index (χ0v) is 16.5. The Morgan fingerprint density at radius 2 is 1.73 bits per heavy atom. The minimum atomic E-state index is -4.51. The lowest BCUT2D eigenvalue weighted by Crippen LogP contribution is -2.27. The first kappa shape index (κ1) is 21.7. The maximum atomic E-state index is 12.8. The third-order valence-electron chi connectivity index (χ3n) is 4.31. The molecule has 6 nitrogen and oxygen atoms in total. The summed E-state index contributed by atoms with van der Waals surface area (Å²) in [5.41, 5.74) is -0.302. The van der Waals surface area contributed by atoms with Crippen molar-refractivity contribution in [2.24, 2.45) is 0 Å². The number of hydrogen-bond acceptors (Lipinski definition) is 4. The van der Waals surface area contributed by atoms with E-state index in [9.17, 15) is 27.6 Å². The van der Waals surface area contributed by atoms with Gasteiger partial charge in [-0.2, -0.15) is 13.2 Å². The van der Waals surface area contributed by atoms with Crippen LogP contribution < -0.4 is 10.6 Å². The van der Waals surface area contributed by atoms with E-state index in [2.05, 4.69) is 10.6 Å². The molecule has 1 aliphatic heterocycles. The first-order valence-electron chi connectivity index (χ1n) is 9.02. The number of thioether (sulfide) groups is 1. The van der Waals surface area contributed by atoms with Crippen LogP contribution in [0, 0.1) is 0 Å². The molecule has 0 aromatic heterocycles. The maximum absolute atomic E-state index is 12.8. The van der Waals surface area contributed by atoms with Crippen molar-refractivity contribution in [1.82, 2.24) is 4.90 Å². The van der Waals surface area contributed by atoms with Crippen molar-refractivity contribution in [2.75, 3.05) is 29.5 Å². The maximum Gasteiger partial charge on any atom is 0.416 e. The molecule has 158 valence electrons. The first-order valence-corrected chi connectivity index (χ1v) is 10.0. The molecule has 1 fully saturated rings. The second-order valence-electron chi connectivity index (χ2n) is 6.51. The number of anilines is 2. The Balaban J connectivity index is 1.60. The Labute approximate surface area is 174 Å². The van der Waals surface area contributed by atoms with Crippen LogP contribution in [0.25, 0.3) is 0 Å². The third kappa shape index (κ3) is 5.76. The van der Waals surface area contributed by atoms with E-state index >= 15 is 0 Å². The zero-order chi connectivity index (χ0) is 21.7. The number of hydrogen-bond donors (Lipinski definition) is 2. The van der Waals surface area contributed by atoms with Gasteiger partial charge < -0.3 is 15.5 Å². The minimum absolute atomic E-state index is 0.0115. The number of halogens is 3. The SMILES string of the molecule is O=C(CCN1CCSC1=O)Nc1cccc(C(=O)Nc2cccc(C(F)(F)F)c2)c1. The van der Waals surface area contributed by atoms with Crippen LogP contribution in [0.1, 0.15) is 22.3 Å². The Hall–Kier alpha value is -3.01. The molecule has 0 aliphatic carbocycles. The van der Waals surface area contributed by atoms with Gasteiger partial charge in [-0.05, 0) is 36.4 Å². The van der Waals surface area contributed by atoms with Crippen molar-refractivity contribution in [3.05, 3.63) is 59.7 Å². The topological polar surface area (TPSA) is 78.5 Å². The smallest absolute Gasteiger partial charge is 0.332 e. The van der Waals surface area contributed by atoms with Crippen molar-refractivity contribution >= 4 is 40.2 Å². The minimum Gasteiger partial charge on any atom is -0.332 e. The van der Waals surface area contributed by atoms with Crippen molar-refractivity contribution in [2.45, 2.75) is 12.6 Å². The molecule has 0 atom stereocenters. The molecular formula is C20H18F3N3O3S. The van der Waals surface area contributed by atoms with E-state index in [1.54, 1.807) is 17.0 Å². The highest BCUT2D eigenvalue weighted by molar-refractivity contribution is 8.13. The largest absolute Gasteiger partial charge is 0.416 e. The molecule has 1 heterocycles. The van der Waals surface area contributed by atoms with Crippen LogP contribution in [-0.4, -0.2) is 40.8 Å². The number of benzene rings is 2. The molecule has 2 aromatic carbocycles. The van der Waals surface area contributed by atoms with E-state index in [4.69, 9.17) is 0 Å². The molecule has 3 rings (SSSR count). The van der Waals surface area contributed by atoms with E-state index in [0.717, 1.165) is 12.1 Å². The van der Waals surface area contributed by atoms with E-state index in [1.165, 1.54) is 36.0 Å². The molecule has 0 bridgehead atoms. The summed E-state index contributed by atoms with van der Waals surface area (Å²) in [5, 5.41) is 5.03. The Kier molecular flexibility index (Phi) is 6.66. The highest BCUT2D eigenvalue weighted by atomic mass is 32.2. The Morgan fingerprint density at radius 1 is 1.03 bits per heavy atom. The van der Waals surface area contributed by atoms with E-state index < -0.39 is 17.6 Å². The predicted molar refractivity (Wildman–Crippen MR) is 109 cm³/mol. The number of carbonyl (C=O) groups excluding carboxylic acids is 3. The summed E-state index contributed by atoms with van der Waals surface area (Å²) >= 11 is 1.22. The fraction of sp³-hybridized carbons (Fsp3) is 0.250. The third-order valence-corrected chi connectivity index (χ3v) is 5.20. The van der Waals surface area contributed by atoms with Gasteiger partial charge in [-0.1, -0.05) is 23.9 Å².